The Hall–Kier alpha value is -4.62. The molecule has 0 bridgehead atoms. The summed E-state index contributed by atoms with van der Waals surface area (Å²) in [4.78, 5) is 12.7. The number of para-hydroxylation sites is 1. The fourth-order valence-corrected chi connectivity index (χ4v) is 3.88. The first-order valence-corrected chi connectivity index (χ1v) is 11.5. The van der Waals surface area contributed by atoms with E-state index in [0.29, 0.717) is 28.6 Å². The van der Waals surface area contributed by atoms with Gasteiger partial charge < -0.3 is 9.84 Å². The number of hydrogen-bond donors (Lipinski definition) is 3. The van der Waals surface area contributed by atoms with Gasteiger partial charge in [-0.05, 0) is 52.7 Å². The number of benzene rings is 4. The first kappa shape index (κ1) is 23.1. The molecule has 1 heterocycles. The molecule has 0 aliphatic rings. The number of aromatic nitrogens is 2. The highest BCUT2D eigenvalue weighted by Crippen LogP contribution is 2.30. The van der Waals surface area contributed by atoms with E-state index in [1.807, 2.05) is 78.9 Å². The minimum atomic E-state index is -0.468. The first-order valence-electron chi connectivity index (χ1n) is 11.1. The monoisotopic (exact) mass is 496 g/mol. The lowest BCUT2D eigenvalue weighted by molar-refractivity contribution is 0.0950. The third-order valence-electron chi connectivity index (χ3n) is 5.60. The molecule has 1 amide bonds. The van der Waals surface area contributed by atoms with Gasteiger partial charge in [0.1, 0.15) is 23.8 Å². The van der Waals surface area contributed by atoms with E-state index in [0.717, 1.165) is 21.9 Å². The number of hydrazone groups is 1. The summed E-state index contributed by atoms with van der Waals surface area (Å²) in [6, 6.07) is 27.6. The molecule has 0 fully saturated rings. The first-order chi connectivity index (χ1) is 17.6. The summed E-state index contributed by atoms with van der Waals surface area (Å²) in [6.45, 7) is 0.363. The van der Waals surface area contributed by atoms with Crippen molar-refractivity contribution in [3.8, 4) is 22.8 Å². The van der Waals surface area contributed by atoms with E-state index in [1.54, 1.807) is 12.1 Å². The van der Waals surface area contributed by atoms with Crippen LogP contribution < -0.4 is 10.2 Å². The van der Waals surface area contributed by atoms with Crippen molar-refractivity contribution in [3.05, 3.63) is 113 Å². The zero-order valence-electron chi connectivity index (χ0n) is 19.0. The lowest BCUT2D eigenvalue weighted by Gasteiger charge is -2.10. The number of aromatic amines is 1. The van der Waals surface area contributed by atoms with Crippen molar-refractivity contribution in [2.24, 2.45) is 5.10 Å². The number of H-pyrrole nitrogens is 1. The van der Waals surface area contributed by atoms with Gasteiger partial charge in [-0.25, -0.2) is 5.43 Å². The number of carbonyl (C=O) groups excluding carboxylic acids is 1. The summed E-state index contributed by atoms with van der Waals surface area (Å²) in [5, 5.41) is 23.7. The maximum Gasteiger partial charge on any atom is 0.289 e. The molecular formula is C28H21ClN4O3. The molecule has 8 heteroatoms. The molecule has 0 saturated carbocycles. The summed E-state index contributed by atoms with van der Waals surface area (Å²) in [7, 11) is 0. The number of nitrogens with one attached hydrogen (secondary N) is 2. The smallest absolute Gasteiger partial charge is 0.289 e. The Kier molecular flexibility index (Phi) is 6.64. The lowest BCUT2D eigenvalue weighted by atomic mass is 10.0. The number of amides is 1. The number of ether oxygens (including phenoxy) is 1. The highest BCUT2D eigenvalue weighted by atomic mass is 35.5. The van der Waals surface area contributed by atoms with Gasteiger partial charge in [-0.1, -0.05) is 66.2 Å². The number of fused-ring (bicyclic) bond motifs is 1. The molecular weight excluding hydrogens is 476 g/mol. The molecule has 0 unspecified atom stereocenters. The van der Waals surface area contributed by atoms with Crippen LogP contribution in [0.4, 0.5) is 0 Å². The molecule has 0 spiro atoms. The predicted molar refractivity (Wildman–Crippen MR) is 140 cm³/mol. The summed E-state index contributed by atoms with van der Waals surface area (Å²) in [6.07, 6.45) is 1.42. The van der Waals surface area contributed by atoms with E-state index in [-0.39, 0.29) is 11.4 Å². The number of phenols is 1. The van der Waals surface area contributed by atoms with Crippen molar-refractivity contribution in [2.75, 3.05) is 0 Å². The van der Waals surface area contributed by atoms with Crippen molar-refractivity contribution in [1.29, 1.82) is 0 Å². The van der Waals surface area contributed by atoms with Gasteiger partial charge in [0.25, 0.3) is 5.91 Å². The van der Waals surface area contributed by atoms with Crippen LogP contribution in [0, 0.1) is 0 Å². The average Bonchev–Trinajstić information content (AvgIpc) is 3.40. The van der Waals surface area contributed by atoms with Crippen LogP contribution >= 0.6 is 11.6 Å². The second-order valence-corrected chi connectivity index (χ2v) is 8.43. The second-order valence-electron chi connectivity index (χ2n) is 8.00. The number of aromatic hydroxyl groups is 1. The number of hydrogen-bond acceptors (Lipinski definition) is 5. The Bertz CT molecular complexity index is 1560. The number of halogens is 1. The van der Waals surface area contributed by atoms with Crippen LogP contribution in [0.1, 0.15) is 21.6 Å². The Balaban J connectivity index is 1.29. The molecule has 0 radical (unpaired) electrons. The number of phenolic OH excluding ortho intramolecular Hbond substituents is 1. The Morgan fingerprint density at radius 2 is 1.81 bits per heavy atom. The van der Waals surface area contributed by atoms with Crippen LogP contribution in [-0.2, 0) is 6.61 Å². The Morgan fingerprint density at radius 1 is 1.03 bits per heavy atom. The van der Waals surface area contributed by atoms with Crippen molar-refractivity contribution < 1.29 is 14.6 Å². The molecule has 0 atom stereocenters. The van der Waals surface area contributed by atoms with Gasteiger partial charge in [-0.2, -0.15) is 10.2 Å². The third kappa shape index (κ3) is 5.06. The molecule has 0 aliphatic carbocycles. The molecule has 0 saturated heterocycles. The van der Waals surface area contributed by atoms with Gasteiger partial charge in [-0.15, -0.1) is 0 Å². The van der Waals surface area contributed by atoms with Gasteiger partial charge in [0.05, 0.1) is 11.9 Å². The van der Waals surface area contributed by atoms with Crippen LogP contribution in [0.25, 0.3) is 22.0 Å². The fraction of sp³-hybridized carbons (Fsp3) is 0.0357. The summed E-state index contributed by atoms with van der Waals surface area (Å²) < 4.78 is 6.00. The maximum atomic E-state index is 12.7. The number of rotatable bonds is 7. The van der Waals surface area contributed by atoms with E-state index in [4.69, 9.17) is 16.3 Å². The molecule has 7 nitrogen and oxygen atoms in total. The van der Waals surface area contributed by atoms with E-state index in [1.165, 1.54) is 6.21 Å². The van der Waals surface area contributed by atoms with Crippen LogP contribution in [0.5, 0.6) is 11.5 Å². The summed E-state index contributed by atoms with van der Waals surface area (Å²) >= 11 is 5.95. The lowest BCUT2D eigenvalue weighted by Crippen LogP contribution is -2.18. The van der Waals surface area contributed by atoms with Crippen molar-refractivity contribution in [3.63, 3.8) is 0 Å². The SMILES string of the molecule is O=C(N/N=C\c1c(O)ccc2ccccc12)c1cc(-c2ccccc2OCc2ccc(Cl)cc2)n[nH]1. The standard InChI is InChI=1S/C28H21ClN4O3/c29-20-12-9-18(10-13-20)17-36-27-8-4-3-7-22(27)24-15-25(32-31-24)28(35)33-30-16-23-21-6-2-1-5-19(21)11-14-26(23)34/h1-16,34H,17H2,(H,31,32)(H,33,35)/b30-16-. The normalized spacial score (nSPS) is 11.1. The molecule has 5 aromatic rings. The molecule has 5 rings (SSSR count). The van der Waals surface area contributed by atoms with Gasteiger partial charge in [-0.3, -0.25) is 9.89 Å². The second kappa shape index (κ2) is 10.3. The number of nitrogens with zero attached hydrogens (tertiary/aromatic N) is 2. The van der Waals surface area contributed by atoms with E-state index in [9.17, 15) is 9.90 Å². The molecule has 3 N–H and O–H groups in total. The van der Waals surface area contributed by atoms with E-state index < -0.39 is 5.91 Å². The molecule has 0 aliphatic heterocycles. The summed E-state index contributed by atoms with van der Waals surface area (Å²) in [5.41, 5.74) is 5.51. The average molecular weight is 497 g/mol. The van der Waals surface area contributed by atoms with Crippen LogP contribution in [-0.4, -0.2) is 27.4 Å². The van der Waals surface area contributed by atoms with E-state index in [2.05, 4.69) is 20.7 Å². The quantitative estimate of drug-likeness (QED) is 0.192. The molecule has 1 aromatic heterocycles. The summed E-state index contributed by atoms with van der Waals surface area (Å²) in [5.74, 6) is 0.241. The Labute approximate surface area is 212 Å². The van der Waals surface area contributed by atoms with Gasteiger partial charge in [0.2, 0.25) is 0 Å². The predicted octanol–water partition coefficient (Wildman–Crippen LogP) is 5.93. The minimum absolute atomic E-state index is 0.0748. The molecule has 178 valence electrons. The van der Waals surface area contributed by atoms with Crippen LogP contribution in [0.2, 0.25) is 5.02 Å². The van der Waals surface area contributed by atoms with Gasteiger partial charge in [0, 0.05) is 16.1 Å². The van der Waals surface area contributed by atoms with Crippen molar-refractivity contribution >= 4 is 34.5 Å². The molecule has 4 aromatic carbocycles. The highest BCUT2D eigenvalue weighted by Gasteiger charge is 2.14. The third-order valence-corrected chi connectivity index (χ3v) is 5.85. The maximum absolute atomic E-state index is 12.7. The van der Waals surface area contributed by atoms with Gasteiger partial charge >= 0.3 is 0 Å². The zero-order chi connectivity index (χ0) is 24.9. The Morgan fingerprint density at radius 3 is 2.67 bits per heavy atom. The zero-order valence-corrected chi connectivity index (χ0v) is 19.7. The van der Waals surface area contributed by atoms with Crippen molar-refractivity contribution in [1.82, 2.24) is 15.6 Å². The van der Waals surface area contributed by atoms with E-state index >= 15 is 0 Å². The largest absolute Gasteiger partial charge is 0.507 e. The molecule has 36 heavy (non-hydrogen) atoms. The topological polar surface area (TPSA) is 99.6 Å². The van der Waals surface area contributed by atoms with Crippen molar-refractivity contribution in [2.45, 2.75) is 6.61 Å². The van der Waals surface area contributed by atoms with Gasteiger partial charge in [0.15, 0.2) is 0 Å². The number of carbonyl (C=O) groups is 1. The highest BCUT2D eigenvalue weighted by molar-refractivity contribution is 6.30. The fourth-order valence-electron chi connectivity index (χ4n) is 3.76. The minimum Gasteiger partial charge on any atom is -0.507 e. The van der Waals surface area contributed by atoms with Crippen LogP contribution in [0.15, 0.2) is 96.1 Å². The van der Waals surface area contributed by atoms with Crippen LogP contribution in [0.3, 0.4) is 0 Å².